The second-order valence-electron chi connectivity index (χ2n) is 4.97. The molecule has 3 N–H and O–H groups in total. The van der Waals surface area contributed by atoms with Crippen molar-refractivity contribution in [3.63, 3.8) is 0 Å². The van der Waals surface area contributed by atoms with Gasteiger partial charge >= 0.3 is 0 Å². The molecule has 5 heteroatoms. The zero-order valence-electron chi connectivity index (χ0n) is 12.0. The Morgan fingerprint density at radius 3 is 2.33 bits per heavy atom. The van der Waals surface area contributed by atoms with Gasteiger partial charge in [-0.05, 0) is 30.3 Å². The topological polar surface area (TPSA) is 72.2 Å². The minimum Gasteiger partial charge on any atom is -0.397 e. The van der Waals surface area contributed by atoms with E-state index in [0.717, 1.165) is 4.90 Å². The molecule has 0 saturated heterocycles. The molecule has 21 heavy (non-hydrogen) atoms. The van der Waals surface area contributed by atoms with E-state index in [1.807, 2.05) is 32.0 Å². The second-order valence-corrected chi connectivity index (χ2v) is 6.46. The monoisotopic (exact) mass is 302 g/mol. The normalized spacial score (nSPS) is 12.1. The summed E-state index contributed by atoms with van der Waals surface area (Å²) in [6, 6.07) is 14.2. The largest absolute Gasteiger partial charge is 0.397 e. The van der Waals surface area contributed by atoms with Crippen LogP contribution in [-0.4, -0.2) is 10.1 Å². The smallest absolute Gasteiger partial charge is 0.226 e. The highest BCUT2D eigenvalue weighted by molar-refractivity contribution is 7.85. The summed E-state index contributed by atoms with van der Waals surface area (Å²) in [6.07, 6.45) is 0. The van der Waals surface area contributed by atoms with Crippen LogP contribution in [0.4, 0.5) is 11.4 Å². The van der Waals surface area contributed by atoms with Crippen LogP contribution in [0.5, 0.6) is 0 Å². The number of nitrogen functional groups attached to an aromatic ring is 1. The molecule has 0 radical (unpaired) electrons. The Morgan fingerprint density at radius 1 is 1.10 bits per heavy atom. The Kier molecular flexibility index (Phi) is 4.75. The maximum atomic E-state index is 12.4. The first-order chi connectivity index (χ1) is 9.99. The molecule has 1 amide bonds. The third-order valence-corrected chi connectivity index (χ3v) is 4.36. The number of amides is 1. The van der Waals surface area contributed by atoms with E-state index >= 15 is 0 Å². The van der Waals surface area contributed by atoms with Crippen LogP contribution in [0.1, 0.15) is 13.8 Å². The summed E-state index contributed by atoms with van der Waals surface area (Å²) in [6.45, 7) is 3.62. The quantitative estimate of drug-likeness (QED) is 0.853. The lowest BCUT2D eigenvalue weighted by Crippen LogP contribution is -2.18. The summed E-state index contributed by atoms with van der Waals surface area (Å²) < 4.78 is 12.4. The Hall–Kier alpha value is -2.14. The zero-order valence-corrected chi connectivity index (χ0v) is 12.8. The first-order valence-corrected chi connectivity index (χ1v) is 7.81. The minimum absolute atomic E-state index is 0.0985. The van der Waals surface area contributed by atoms with Crippen molar-refractivity contribution < 1.29 is 9.00 Å². The number of anilines is 2. The standard InChI is InChI=1S/C16H18N2O2S/c1-11(2)16(19)18-15-9-8-13(10-14(15)17)21(20)12-6-4-3-5-7-12/h3-11H,17H2,1-2H3,(H,18,19). The van der Waals surface area contributed by atoms with Gasteiger partial charge in [0, 0.05) is 15.7 Å². The zero-order chi connectivity index (χ0) is 15.4. The van der Waals surface area contributed by atoms with E-state index in [0.29, 0.717) is 16.3 Å². The lowest BCUT2D eigenvalue weighted by molar-refractivity contribution is -0.118. The summed E-state index contributed by atoms with van der Waals surface area (Å²) >= 11 is 0. The van der Waals surface area contributed by atoms with Gasteiger partial charge in [0.2, 0.25) is 5.91 Å². The van der Waals surface area contributed by atoms with Crippen molar-refractivity contribution in [2.24, 2.45) is 5.92 Å². The van der Waals surface area contributed by atoms with E-state index in [9.17, 15) is 9.00 Å². The first kappa shape index (κ1) is 15.3. The van der Waals surface area contributed by atoms with Crippen molar-refractivity contribution >= 4 is 28.1 Å². The second kappa shape index (κ2) is 6.54. The molecular formula is C16H18N2O2S. The molecule has 1 unspecified atom stereocenters. The van der Waals surface area contributed by atoms with Crippen molar-refractivity contribution in [3.05, 3.63) is 48.5 Å². The van der Waals surface area contributed by atoms with E-state index in [4.69, 9.17) is 5.73 Å². The molecule has 1 atom stereocenters. The molecule has 0 bridgehead atoms. The summed E-state index contributed by atoms with van der Waals surface area (Å²) in [7, 11) is -1.28. The van der Waals surface area contributed by atoms with E-state index < -0.39 is 10.8 Å². The molecule has 0 aliphatic rings. The van der Waals surface area contributed by atoms with Crippen LogP contribution in [0.25, 0.3) is 0 Å². The van der Waals surface area contributed by atoms with Crippen LogP contribution in [0.2, 0.25) is 0 Å². The Morgan fingerprint density at radius 2 is 1.76 bits per heavy atom. The molecule has 0 saturated carbocycles. The first-order valence-electron chi connectivity index (χ1n) is 6.66. The van der Waals surface area contributed by atoms with Crippen molar-refractivity contribution in [2.75, 3.05) is 11.1 Å². The van der Waals surface area contributed by atoms with Gasteiger partial charge in [-0.25, -0.2) is 4.21 Å². The average Bonchev–Trinajstić information content (AvgIpc) is 2.49. The number of carbonyl (C=O) groups excluding carboxylic acids is 1. The number of hydrogen-bond donors (Lipinski definition) is 2. The lowest BCUT2D eigenvalue weighted by atomic mass is 10.2. The number of hydrogen-bond acceptors (Lipinski definition) is 3. The molecular weight excluding hydrogens is 284 g/mol. The molecule has 2 rings (SSSR count). The fraction of sp³-hybridized carbons (Fsp3) is 0.188. The van der Waals surface area contributed by atoms with Crippen LogP contribution in [0.15, 0.2) is 58.3 Å². The van der Waals surface area contributed by atoms with Crippen molar-refractivity contribution in [2.45, 2.75) is 23.6 Å². The Labute approximate surface area is 126 Å². The van der Waals surface area contributed by atoms with E-state index in [1.54, 1.807) is 30.3 Å². The van der Waals surface area contributed by atoms with Gasteiger partial charge in [0.15, 0.2) is 0 Å². The predicted molar refractivity (Wildman–Crippen MR) is 85.4 cm³/mol. The van der Waals surface area contributed by atoms with Crippen LogP contribution in [-0.2, 0) is 15.6 Å². The highest BCUT2D eigenvalue weighted by Gasteiger charge is 2.12. The molecule has 0 fully saturated rings. The Bertz CT molecular complexity index is 669. The fourth-order valence-electron chi connectivity index (χ4n) is 1.73. The summed E-state index contributed by atoms with van der Waals surface area (Å²) in [5.74, 6) is -0.221. The minimum atomic E-state index is -1.28. The van der Waals surface area contributed by atoms with Gasteiger partial charge in [0.1, 0.15) is 0 Å². The number of nitrogens with one attached hydrogen (secondary N) is 1. The maximum Gasteiger partial charge on any atom is 0.226 e. The molecule has 4 nitrogen and oxygen atoms in total. The number of nitrogens with two attached hydrogens (primary N) is 1. The van der Waals surface area contributed by atoms with Gasteiger partial charge in [-0.15, -0.1) is 0 Å². The summed E-state index contributed by atoms with van der Waals surface area (Å²) in [5.41, 5.74) is 6.89. The van der Waals surface area contributed by atoms with Crippen LogP contribution in [0, 0.1) is 5.92 Å². The van der Waals surface area contributed by atoms with Crippen molar-refractivity contribution in [1.29, 1.82) is 0 Å². The van der Waals surface area contributed by atoms with Crippen molar-refractivity contribution in [3.8, 4) is 0 Å². The van der Waals surface area contributed by atoms with Gasteiger partial charge in [0.25, 0.3) is 0 Å². The number of benzene rings is 2. The van der Waals surface area contributed by atoms with E-state index in [1.165, 1.54) is 0 Å². The van der Waals surface area contributed by atoms with E-state index in [-0.39, 0.29) is 11.8 Å². The average molecular weight is 302 g/mol. The molecule has 0 aliphatic heterocycles. The maximum absolute atomic E-state index is 12.4. The van der Waals surface area contributed by atoms with Crippen LogP contribution < -0.4 is 11.1 Å². The third-order valence-electron chi connectivity index (χ3n) is 2.98. The molecule has 110 valence electrons. The Balaban J connectivity index is 2.23. The van der Waals surface area contributed by atoms with Crippen molar-refractivity contribution in [1.82, 2.24) is 0 Å². The van der Waals surface area contributed by atoms with Gasteiger partial charge in [-0.2, -0.15) is 0 Å². The lowest BCUT2D eigenvalue weighted by Gasteiger charge is -2.11. The highest BCUT2D eigenvalue weighted by atomic mass is 32.2. The summed E-state index contributed by atoms with van der Waals surface area (Å²) in [5, 5.41) is 2.75. The van der Waals surface area contributed by atoms with Gasteiger partial charge in [-0.1, -0.05) is 32.0 Å². The molecule has 2 aromatic rings. The molecule has 0 aromatic heterocycles. The molecule has 0 aliphatic carbocycles. The molecule has 0 heterocycles. The SMILES string of the molecule is CC(C)C(=O)Nc1ccc(S(=O)c2ccccc2)cc1N. The van der Waals surface area contributed by atoms with Gasteiger partial charge < -0.3 is 11.1 Å². The fourth-order valence-corrected chi connectivity index (χ4v) is 2.83. The van der Waals surface area contributed by atoms with Crippen LogP contribution in [0.3, 0.4) is 0 Å². The number of rotatable bonds is 4. The molecule has 0 spiro atoms. The third kappa shape index (κ3) is 3.70. The van der Waals surface area contributed by atoms with E-state index in [2.05, 4.69) is 5.32 Å². The van der Waals surface area contributed by atoms with Gasteiger partial charge in [-0.3, -0.25) is 4.79 Å². The predicted octanol–water partition coefficient (Wildman–Crippen LogP) is 3.03. The highest BCUT2D eigenvalue weighted by Crippen LogP contribution is 2.24. The van der Waals surface area contributed by atoms with Gasteiger partial charge in [0.05, 0.1) is 22.2 Å². The molecule has 2 aromatic carbocycles. The van der Waals surface area contributed by atoms with Crippen LogP contribution >= 0.6 is 0 Å². The number of carbonyl (C=O) groups is 1. The summed E-state index contributed by atoms with van der Waals surface area (Å²) in [4.78, 5) is 13.0.